The molecular formula is C23H35N5O. The average molecular weight is 398 g/mol. The average Bonchev–Trinajstić information content (AvgIpc) is 2.76. The molecule has 1 saturated heterocycles. The van der Waals surface area contributed by atoms with E-state index in [9.17, 15) is 0 Å². The Morgan fingerprint density at radius 1 is 1.10 bits per heavy atom. The summed E-state index contributed by atoms with van der Waals surface area (Å²) in [5.74, 6) is 1.95. The van der Waals surface area contributed by atoms with E-state index in [1.807, 2.05) is 12.4 Å². The summed E-state index contributed by atoms with van der Waals surface area (Å²) >= 11 is 0. The van der Waals surface area contributed by atoms with Crippen LogP contribution < -0.4 is 10.1 Å². The highest BCUT2D eigenvalue weighted by Crippen LogP contribution is 2.38. The van der Waals surface area contributed by atoms with E-state index in [2.05, 4.69) is 36.1 Å². The molecular weight excluding hydrogens is 362 g/mol. The largest absolute Gasteiger partial charge is 0.474 e. The van der Waals surface area contributed by atoms with Crippen LogP contribution in [0.1, 0.15) is 76.7 Å². The molecule has 6 heteroatoms. The van der Waals surface area contributed by atoms with Gasteiger partial charge in [0, 0.05) is 37.1 Å². The number of likely N-dealkylation sites (tertiary alicyclic amines) is 1. The Bertz CT molecular complexity index is 812. The van der Waals surface area contributed by atoms with Gasteiger partial charge in [-0.2, -0.15) is 0 Å². The first kappa shape index (κ1) is 20.3. The van der Waals surface area contributed by atoms with Crippen molar-refractivity contribution in [1.29, 1.82) is 0 Å². The molecule has 4 rings (SSSR count). The van der Waals surface area contributed by atoms with Crippen LogP contribution in [0.2, 0.25) is 0 Å². The second kappa shape index (κ2) is 9.24. The lowest BCUT2D eigenvalue weighted by molar-refractivity contribution is 0.111. The van der Waals surface area contributed by atoms with E-state index in [4.69, 9.17) is 14.7 Å². The highest BCUT2D eigenvalue weighted by molar-refractivity contribution is 5.86. The predicted molar refractivity (Wildman–Crippen MR) is 118 cm³/mol. The van der Waals surface area contributed by atoms with Crippen molar-refractivity contribution in [2.24, 2.45) is 0 Å². The smallest absolute Gasteiger partial charge is 0.224 e. The van der Waals surface area contributed by atoms with Gasteiger partial charge >= 0.3 is 0 Å². The quantitative estimate of drug-likeness (QED) is 0.758. The van der Waals surface area contributed by atoms with Crippen molar-refractivity contribution in [2.45, 2.75) is 83.3 Å². The number of anilines is 1. The summed E-state index contributed by atoms with van der Waals surface area (Å²) < 4.78 is 6.36. The van der Waals surface area contributed by atoms with Crippen molar-refractivity contribution in [1.82, 2.24) is 19.9 Å². The fourth-order valence-corrected chi connectivity index (χ4v) is 4.48. The minimum Gasteiger partial charge on any atom is -0.474 e. The Labute approximate surface area is 174 Å². The fraction of sp³-hybridized carbons (Fsp3) is 0.696. The van der Waals surface area contributed by atoms with E-state index in [0.717, 1.165) is 43.3 Å². The second-order valence-electron chi connectivity index (χ2n) is 8.88. The molecule has 0 aromatic carbocycles. The Kier molecular flexibility index (Phi) is 6.48. The standard InChI is InChI=1S/C23H35N5O/c1-4-16(2)26-23-25-15-20-21(27-23)19(17-8-6-5-7-9-17)14-24-22(20)29-18-10-12-28(3)13-11-18/h14-18H,4-13H2,1-3H3,(H,25,26,27)/t16-/m1/s1. The summed E-state index contributed by atoms with van der Waals surface area (Å²) in [4.78, 5) is 16.7. The molecule has 158 valence electrons. The van der Waals surface area contributed by atoms with Crippen LogP contribution in [0.5, 0.6) is 5.88 Å². The summed E-state index contributed by atoms with van der Waals surface area (Å²) in [5, 5.41) is 4.39. The molecule has 0 bridgehead atoms. The maximum absolute atomic E-state index is 6.36. The van der Waals surface area contributed by atoms with Crippen LogP contribution in [0.4, 0.5) is 5.95 Å². The zero-order chi connectivity index (χ0) is 20.2. The van der Waals surface area contributed by atoms with Gasteiger partial charge < -0.3 is 15.0 Å². The van der Waals surface area contributed by atoms with Crippen LogP contribution in [0.3, 0.4) is 0 Å². The third-order valence-electron chi connectivity index (χ3n) is 6.59. The SMILES string of the molecule is CC[C@@H](C)Nc1ncc2c(OC3CCN(C)CC3)ncc(C3CCCCC3)c2n1. The van der Waals surface area contributed by atoms with Crippen LogP contribution >= 0.6 is 0 Å². The van der Waals surface area contributed by atoms with Gasteiger partial charge in [0.15, 0.2) is 0 Å². The lowest BCUT2D eigenvalue weighted by Gasteiger charge is -2.29. The predicted octanol–water partition coefficient (Wildman–Crippen LogP) is 4.76. The van der Waals surface area contributed by atoms with Gasteiger partial charge in [-0.1, -0.05) is 26.2 Å². The number of hydrogen-bond donors (Lipinski definition) is 1. The van der Waals surface area contributed by atoms with Crippen molar-refractivity contribution >= 4 is 16.9 Å². The number of aromatic nitrogens is 3. The first-order valence-electron chi connectivity index (χ1n) is 11.4. The van der Waals surface area contributed by atoms with Crippen LogP contribution in [0, 0.1) is 0 Å². The molecule has 1 saturated carbocycles. The molecule has 29 heavy (non-hydrogen) atoms. The molecule has 1 aliphatic carbocycles. The molecule has 2 aromatic heterocycles. The monoisotopic (exact) mass is 397 g/mol. The summed E-state index contributed by atoms with van der Waals surface area (Å²) in [6.07, 6.45) is 13.7. The third kappa shape index (κ3) is 4.80. The zero-order valence-electron chi connectivity index (χ0n) is 18.2. The van der Waals surface area contributed by atoms with E-state index in [-0.39, 0.29) is 6.10 Å². The molecule has 0 unspecified atom stereocenters. The summed E-state index contributed by atoms with van der Waals surface area (Å²) in [5.41, 5.74) is 2.29. The molecule has 0 amide bonds. The Morgan fingerprint density at radius 2 is 1.86 bits per heavy atom. The van der Waals surface area contributed by atoms with Crippen LogP contribution in [-0.2, 0) is 0 Å². The van der Waals surface area contributed by atoms with Crippen LogP contribution in [-0.4, -0.2) is 52.1 Å². The Morgan fingerprint density at radius 3 is 2.59 bits per heavy atom. The minimum atomic E-state index is 0.223. The maximum atomic E-state index is 6.36. The van der Waals surface area contributed by atoms with Gasteiger partial charge in [-0.15, -0.1) is 0 Å². The first-order valence-corrected chi connectivity index (χ1v) is 11.4. The summed E-state index contributed by atoms with van der Waals surface area (Å²) in [7, 11) is 2.17. The molecule has 0 radical (unpaired) electrons. The van der Waals surface area contributed by atoms with Gasteiger partial charge in [0.05, 0.1) is 10.9 Å². The zero-order valence-corrected chi connectivity index (χ0v) is 18.2. The van der Waals surface area contributed by atoms with E-state index in [0.29, 0.717) is 23.8 Å². The van der Waals surface area contributed by atoms with Gasteiger partial charge in [-0.25, -0.2) is 15.0 Å². The van der Waals surface area contributed by atoms with Crippen LogP contribution in [0.25, 0.3) is 10.9 Å². The lowest BCUT2D eigenvalue weighted by atomic mass is 9.84. The highest BCUT2D eigenvalue weighted by atomic mass is 16.5. The number of fused-ring (bicyclic) bond motifs is 1. The van der Waals surface area contributed by atoms with Crippen molar-refractivity contribution in [3.05, 3.63) is 18.0 Å². The summed E-state index contributed by atoms with van der Waals surface area (Å²) in [6, 6.07) is 0.349. The second-order valence-corrected chi connectivity index (χ2v) is 8.88. The molecule has 2 fully saturated rings. The van der Waals surface area contributed by atoms with E-state index in [1.54, 1.807) is 0 Å². The molecule has 6 nitrogen and oxygen atoms in total. The number of nitrogens with one attached hydrogen (secondary N) is 1. The Hall–Kier alpha value is -1.95. The minimum absolute atomic E-state index is 0.223. The normalized spacial score (nSPS) is 20.7. The molecule has 1 aliphatic heterocycles. The van der Waals surface area contributed by atoms with Crippen LogP contribution in [0.15, 0.2) is 12.4 Å². The molecule has 2 aliphatic rings. The topological polar surface area (TPSA) is 63.2 Å². The Balaban J connectivity index is 1.67. The van der Waals surface area contributed by atoms with Crippen molar-refractivity contribution < 1.29 is 4.74 Å². The number of pyridine rings is 1. The first-order chi connectivity index (χ1) is 14.1. The van der Waals surface area contributed by atoms with Gasteiger partial charge in [-0.3, -0.25) is 0 Å². The molecule has 3 heterocycles. The third-order valence-corrected chi connectivity index (χ3v) is 6.59. The number of nitrogens with zero attached hydrogens (tertiary/aromatic N) is 4. The van der Waals surface area contributed by atoms with Crippen molar-refractivity contribution in [2.75, 3.05) is 25.5 Å². The van der Waals surface area contributed by atoms with Gasteiger partial charge in [0.25, 0.3) is 0 Å². The van der Waals surface area contributed by atoms with Crippen molar-refractivity contribution in [3.8, 4) is 5.88 Å². The maximum Gasteiger partial charge on any atom is 0.224 e. The van der Waals surface area contributed by atoms with E-state index < -0.39 is 0 Å². The molecule has 2 aromatic rings. The molecule has 1 atom stereocenters. The van der Waals surface area contributed by atoms with Crippen molar-refractivity contribution in [3.63, 3.8) is 0 Å². The van der Waals surface area contributed by atoms with Gasteiger partial charge in [0.1, 0.15) is 6.10 Å². The number of rotatable bonds is 6. The van der Waals surface area contributed by atoms with Gasteiger partial charge in [0.2, 0.25) is 11.8 Å². The van der Waals surface area contributed by atoms with E-state index >= 15 is 0 Å². The highest BCUT2D eigenvalue weighted by Gasteiger charge is 2.24. The number of hydrogen-bond acceptors (Lipinski definition) is 6. The summed E-state index contributed by atoms with van der Waals surface area (Å²) in [6.45, 7) is 6.48. The number of ether oxygens (including phenoxy) is 1. The fourth-order valence-electron chi connectivity index (χ4n) is 4.48. The molecule has 0 spiro atoms. The molecule has 1 N–H and O–H groups in total. The number of piperidine rings is 1. The lowest BCUT2D eigenvalue weighted by Crippen LogP contribution is -2.35. The van der Waals surface area contributed by atoms with Gasteiger partial charge in [-0.05, 0) is 52.0 Å². The van der Waals surface area contributed by atoms with E-state index in [1.165, 1.54) is 37.7 Å².